The van der Waals surface area contributed by atoms with E-state index in [1.54, 1.807) is 0 Å². The molecule has 2 fully saturated rings. The fraction of sp³-hybridized carbons (Fsp3) is 0.833. The summed E-state index contributed by atoms with van der Waals surface area (Å²) in [4.78, 5) is 17.0. The molecule has 0 spiro atoms. The second-order valence-electron chi connectivity index (χ2n) is 5.46. The van der Waals surface area contributed by atoms with Crippen molar-refractivity contribution in [3.05, 3.63) is 0 Å². The van der Waals surface area contributed by atoms with Gasteiger partial charge in [0.25, 0.3) is 0 Å². The van der Waals surface area contributed by atoms with Crippen molar-refractivity contribution in [3.63, 3.8) is 0 Å². The smallest absolute Gasteiger partial charge is 0.235 e. The fourth-order valence-electron chi connectivity index (χ4n) is 2.75. The summed E-state index contributed by atoms with van der Waals surface area (Å²) in [6, 6.07) is 0.474. The van der Waals surface area contributed by atoms with Gasteiger partial charge in [-0.25, -0.2) is 0 Å². The summed E-state index contributed by atoms with van der Waals surface area (Å²) in [5.74, 6) is 0.167. The van der Waals surface area contributed by atoms with Crippen molar-refractivity contribution in [1.29, 1.82) is 0 Å². The Morgan fingerprint density at radius 1 is 1.47 bits per heavy atom. The van der Waals surface area contributed by atoms with Crippen molar-refractivity contribution < 1.29 is 4.79 Å². The van der Waals surface area contributed by atoms with Gasteiger partial charge in [-0.1, -0.05) is 18.6 Å². The van der Waals surface area contributed by atoms with E-state index in [0.29, 0.717) is 11.0 Å². The third-order valence-corrected chi connectivity index (χ3v) is 4.66. The van der Waals surface area contributed by atoms with Gasteiger partial charge in [0.15, 0.2) is 0 Å². The summed E-state index contributed by atoms with van der Waals surface area (Å²) in [5, 5.41) is 0. The maximum Gasteiger partial charge on any atom is 0.235 e. The van der Waals surface area contributed by atoms with Crippen LogP contribution in [0.15, 0.2) is 0 Å². The average molecular weight is 255 g/mol. The monoisotopic (exact) mass is 255 g/mol. The molecule has 1 unspecified atom stereocenters. The first kappa shape index (κ1) is 12.8. The highest BCUT2D eigenvalue weighted by Gasteiger charge is 2.49. The van der Waals surface area contributed by atoms with Gasteiger partial charge in [-0.15, -0.1) is 0 Å². The Morgan fingerprint density at radius 2 is 2.12 bits per heavy atom. The lowest BCUT2D eigenvalue weighted by molar-refractivity contribution is -0.141. The number of nitrogens with zero attached hydrogens (tertiary/aromatic N) is 2. The molecule has 2 rings (SSSR count). The highest BCUT2D eigenvalue weighted by molar-refractivity contribution is 7.80. The van der Waals surface area contributed by atoms with E-state index in [4.69, 9.17) is 18.0 Å². The summed E-state index contributed by atoms with van der Waals surface area (Å²) < 4.78 is 0. The van der Waals surface area contributed by atoms with E-state index < -0.39 is 5.41 Å². The third-order valence-electron chi connectivity index (χ3n) is 4.27. The average Bonchev–Trinajstić information content (AvgIpc) is 2.63. The molecule has 96 valence electrons. The maximum absolute atomic E-state index is 12.5. The highest BCUT2D eigenvalue weighted by Crippen LogP contribution is 2.43. The lowest BCUT2D eigenvalue weighted by atomic mass is 9.67. The second-order valence-corrected chi connectivity index (χ2v) is 5.90. The number of hydrogen-bond acceptors (Lipinski definition) is 3. The van der Waals surface area contributed by atoms with Gasteiger partial charge in [-0.3, -0.25) is 4.79 Å². The number of carbonyl (C=O) groups is 1. The van der Waals surface area contributed by atoms with Gasteiger partial charge >= 0.3 is 0 Å². The predicted molar refractivity (Wildman–Crippen MR) is 71.7 cm³/mol. The zero-order chi connectivity index (χ0) is 12.6. The second kappa shape index (κ2) is 4.53. The molecule has 1 aliphatic heterocycles. The molecule has 1 saturated heterocycles. The summed E-state index contributed by atoms with van der Waals surface area (Å²) in [5.41, 5.74) is 5.27. The van der Waals surface area contributed by atoms with E-state index in [1.807, 2.05) is 4.90 Å². The van der Waals surface area contributed by atoms with Crippen LogP contribution in [0.3, 0.4) is 0 Å². The van der Waals surface area contributed by atoms with Gasteiger partial charge in [0.05, 0.1) is 10.4 Å². The van der Waals surface area contributed by atoms with E-state index in [0.717, 1.165) is 38.8 Å². The summed E-state index contributed by atoms with van der Waals surface area (Å²) >= 11 is 5.09. The van der Waals surface area contributed by atoms with Crippen molar-refractivity contribution in [2.24, 2.45) is 11.1 Å². The van der Waals surface area contributed by atoms with Crippen molar-refractivity contribution in [3.8, 4) is 0 Å². The molecule has 1 heterocycles. The molecule has 0 aromatic carbocycles. The predicted octanol–water partition coefficient (Wildman–Crippen LogP) is 0.605. The molecule has 4 nitrogen and oxygen atoms in total. The molecule has 17 heavy (non-hydrogen) atoms. The number of likely N-dealkylation sites (tertiary alicyclic amines) is 1. The Bertz CT molecular complexity index is 339. The molecule has 1 amide bonds. The Balaban J connectivity index is 2.04. The molecular formula is C12H21N3OS. The largest absolute Gasteiger partial charge is 0.392 e. The van der Waals surface area contributed by atoms with E-state index in [9.17, 15) is 4.79 Å². The van der Waals surface area contributed by atoms with Crippen LogP contribution in [0.4, 0.5) is 0 Å². The molecular weight excluding hydrogens is 234 g/mol. The van der Waals surface area contributed by atoms with Crippen LogP contribution < -0.4 is 5.73 Å². The molecule has 1 atom stereocenters. The third kappa shape index (κ3) is 2.06. The van der Waals surface area contributed by atoms with Gasteiger partial charge in [-0.2, -0.15) is 0 Å². The molecule has 2 N–H and O–H groups in total. The van der Waals surface area contributed by atoms with Gasteiger partial charge in [0.2, 0.25) is 5.91 Å². The minimum Gasteiger partial charge on any atom is -0.392 e. The highest BCUT2D eigenvalue weighted by atomic mass is 32.1. The molecule has 0 radical (unpaired) electrons. The van der Waals surface area contributed by atoms with Crippen LogP contribution in [-0.4, -0.2) is 53.9 Å². The summed E-state index contributed by atoms with van der Waals surface area (Å²) in [7, 11) is 4.12. The number of nitrogens with two attached hydrogens (primary N) is 1. The minimum atomic E-state index is -0.503. The minimum absolute atomic E-state index is 0.167. The van der Waals surface area contributed by atoms with Crippen LogP contribution in [0.5, 0.6) is 0 Å². The van der Waals surface area contributed by atoms with Crippen LogP contribution in [0, 0.1) is 5.41 Å². The molecule has 2 aliphatic rings. The van der Waals surface area contributed by atoms with Crippen LogP contribution >= 0.6 is 12.2 Å². The Kier molecular flexibility index (Phi) is 3.41. The number of carbonyl (C=O) groups excluding carboxylic acids is 1. The molecule has 0 bridgehead atoms. The van der Waals surface area contributed by atoms with E-state index in [1.165, 1.54) is 0 Å². The van der Waals surface area contributed by atoms with Gasteiger partial charge in [0.1, 0.15) is 0 Å². The summed E-state index contributed by atoms with van der Waals surface area (Å²) in [6.07, 6.45) is 3.79. The number of likely N-dealkylation sites (N-methyl/N-ethyl adjacent to an activating group) is 1. The number of thiocarbonyl (C=S) groups is 1. The van der Waals surface area contributed by atoms with Crippen molar-refractivity contribution in [2.45, 2.75) is 31.7 Å². The van der Waals surface area contributed by atoms with Gasteiger partial charge < -0.3 is 15.5 Å². The summed E-state index contributed by atoms with van der Waals surface area (Å²) in [6.45, 7) is 1.65. The van der Waals surface area contributed by atoms with E-state index in [2.05, 4.69) is 19.0 Å². The number of rotatable bonds is 3. The lowest BCUT2D eigenvalue weighted by Gasteiger charge is -2.41. The Morgan fingerprint density at radius 3 is 2.47 bits per heavy atom. The van der Waals surface area contributed by atoms with Crippen LogP contribution in [0.1, 0.15) is 25.7 Å². The molecule has 0 aromatic rings. The van der Waals surface area contributed by atoms with Crippen LogP contribution in [-0.2, 0) is 4.79 Å². The fourth-order valence-corrected chi connectivity index (χ4v) is 3.04. The first-order chi connectivity index (χ1) is 7.97. The zero-order valence-corrected chi connectivity index (χ0v) is 11.4. The first-order valence-corrected chi connectivity index (χ1v) is 6.64. The Hall–Kier alpha value is -0.680. The van der Waals surface area contributed by atoms with Crippen molar-refractivity contribution in [2.75, 3.05) is 27.2 Å². The maximum atomic E-state index is 12.5. The number of amides is 1. The quantitative estimate of drug-likeness (QED) is 0.751. The first-order valence-electron chi connectivity index (χ1n) is 6.23. The number of hydrogen-bond donors (Lipinski definition) is 1. The normalized spacial score (nSPS) is 27.0. The van der Waals surface area contributed by atoms with Crippen molar-refractivity contribution in [1.82, 2.24) is 9.80 Å². The molecule has 1 saturated carbocycles. The standard InChI is InChI=1S/C12H21N3OS/c1-14(2)9-4-7-15(8-9)11(16)12(10(13)17)5-3-6-12/h9H,3-8H2,1-2H3,(H2,13,17). The molecule has 0 aromatic heterocycles. The van der Waals surface area contributed by atoms with Crippen LogP contribution in [0.25, 0.3) is 0 Å². The van der Waals surface area contributed by atoms with Gasteiger partial charge in [0, 0.05) is 19.1 Å². The topological polar surface area (TPSA) is 49.6 Å². The van der Waals surface area contributed by atoms with Gasteiger partial charge in [-0.05, 0) is 33.4 Å². The van der Waals surface area contributed by atoms with Crippen LogP contribution in [0.2, 0.25) is 0 Å². The van der Waals surface area contributed by atoms with Crippen molar-refractivity contribution >= 4 is 23.1 Å². The lowest BCUT2D eigenvalue weighted by Crippen LogP contribution is -2.54. The van der Waals surface area contributed by atoms with E-state index in [-0.39, 0.29) is 5.91 Å². The van der Waals surface area contributed by atoms with E-state index >= 15 is 0 Å². The SMILES string of the molecule is CN(C)C1CCN(C(=O)C2(C(N)=S)CCC2)C1. The molecule has 5 heteroatoms. The zero-order valence-electron chi connectivity index (χ0n) is 10.6. The molecule has 1 aliphatic carbocycles. The Labute approximate surface area is 108 Å².